The Morgan fingerprint density at radius 2 is 2.05 bits per heavy atom. The molecule has 0 aliphatic rings. The van der Waals surface area contributed by atoms with Crippen LogP contribution in [0.2, 0.25) is 0 Å². The van der Waals surface area contributed by atoms with E-state index in [1.165, 1.54) is 21.0 Å². The molecule has 0 radical (unpaired) electrons. The Hall–Kier alpha value is -1.78. The van der Waals surface area contributed by atoms with Gasteiger partial charge in [0, 0.05) is 17.0 Å². The molecule has 0 fully saturated rings. The van der Waals surface area contributed by atoms with Crippen LogP contribution in [-0.4, -0.2) is 0 Å². The van der Waals surface area contributed by atoms with Crippen LogP contribution in [0.4, 0.5) is 4.39 Å². The van der Waals surface area contributed by atoms with E-state index in [1.807, 2.05) is 6.07 Å². The zero-order valence-electron chi connectivity index (χ0n) is 9.84. The summed E-state index contributed by atoms with van der Waals surface area (Å²) in [5, 5.41) is 3.37. The van der Waals surface area contributed by atoms with Gasteiger partial charge in [0.15, 0.2) is 12.4 Å². The van der Waals surface area contributed by atoms with Crippen molar-refractivity contribution in [1.29, 1.82) is 0 Å². The van der Waals surface area contributed by atoms with Crippen LogP contribution in [-0.2, 0) is 0 Å². The number of aromatic nitrogens is 1. The van der Waals surface area contributed by atoms with E-state index in [0.717, 1.165) is 10.4 Å². The van der Waals surface area contributed by atoms with E-state index in [2.05, 4.69) is 34.3 Å². The van der Waals surface area contributed by atoms with Gasteiger partial charge in [-0.25, -0.2) is 4.39 Å². The molecule has 3 aromatic heterocycles. The Bertz CT molecular complexity index is 891. The van der Waals surface area contributed by atoms with Gasteiger partial charge in [-0.15, -0.1) is 11.3 Å². The number of benzene rings is 1. The Morgan fingerprint density at radius 3 is 2.95 bits per heavy atom. The fourth-order valence-electron chi connectivity index (χ4n) is 2.20. The first-order valence-electron chi connectivity index (χ1n) is 5.88. The van der Waals surface area contributed by atoms with E-state index < -0.39 is 0 Å². The minimum Gasteiger partial charge on any atom is -0.207 e. The lowest BCUT2D eigenvalue weighted by atomic mass is 10.2. The fourth-order valence-corrected chi connectivity index (χ4v) is 4.35. The summed E-state index contributed by atoms with van der Waals surface area (Å²) in [4.78, 5) is 2.30. The number of thiazole rings is 1. The molecule has 0 aliphatic heterocycles. The van der Waals surface area contributed by atoms with Gasteiger partial charge in [0.1, 0.15) is 15.4 Å². The predicted octanol–water partition coefficient (Wildman–Crippen LogP) is 4.51. The Morgan fingerprint density at radius 1 is 1.11 bits per heavy atom. The average molecular weight is 286 g/mol. The summed E-state index contributed by atoms with van der Waals surface area (Å²) in [5.74, 6) is -0.193. The number of thiophene rings is 1. The van der Waals surface area contributed by atoms with Crippen molar-refractivity contribution in [1.82, 2.24) is 0 Å². The summed E-state index contributed by atoms with van der Waals surface area (Å²) in [7, 11) is 0. The highest BCUT2D eigenvalue weighted by atomic mass is 32.1. The van der Waals surface area contributed by atoms with E-state index >= 15 is 0 Å². The number of hydrogen-bond acceptors (Lipinski definition) is 2. The van der Waals surface area contributed by atoms with Crippen LogP contribution in [0.5, 0.6) is 0 Å². The van der Waals surface area contributed by atoms with Gasteiger partial charge >= 0.3 is 0 Å². The first-order valence-corrected chi connectivity index (χ1v) is 7.58. The standard InChI is InChI=1S/C15H9FNS2/c16-12-3-1-2-11(8-12)13-9-17-6-4-10-5-7-18-14(10)15(17)19-13/h1-9H/q+1. The molecule has 0 aliphatic carbocycles. The maximum absolute atomic E-state index is 13.3. The molecule has 1 nitrogen and oxygen atoms in total. The smallest absolute Gasteiger partial charge is 0.207 e. The van der Waals surface area contributed by atoms with Crippen LogP contribution < -0.4 is 4.40 Å². The van der Waals surface area contributed by atoms with Crippen LogP contribution in [0.25, 0.3) is 25.4 Å². The van der Waals surface area contributed by atoms with E-state index in [4.69, 9.17) is 0 Å². The first kappa shape index (κ1) is 11.1. The molecule has 92 valence electrons. The monoisotopic (exact) mass is 286 g/mol. The third-order valence-electron chi connectivity index (χ3n) is 3.11. The average Bonchev–Trinajstić information content (AvgIpc) is 3.04. The number of rotatable bonds is 1. The van der Waals surface area contributed by atoms with Crippen molar-refractivity contribution in [3.8, 4) is 10.4 Å². The maximum atomic E-state index is 13.3. The van der Waals surface area contributed by atoms with Crippen LogP contribution in [0.3, 0.4) is 0 Å². The van der Waals surface area contributed by atoms with E-state index in [0.29, 0.717) is 0 Å². The van der Waals surface area contributed by atoms with Crippen LogP contribution in [0.1, 0.15) is 0 Å². The topological polar surface area (TPSA) is 4.10 Å². The van der Waals surface area contributed by atoms with Gasteiger partial charge in [0.25, 0.3) is 4.83 Å². The Balaban J connectivity index is 2.01. The van der Waals surface area contributed by atoms with Gasteiger partial charge in [0.05, 0.1) is 0 Å². The predicted molar refractivity (Wildman–Crippen MR) is 78.3 cm³/mol. The lowest BCUT2D eigenvalue weighted by Crippen LogP contribution is -2.15. The summed E-state index contributed by atoms with van der Waals surface area (Å²) >= 11 is 3.44. The van der Waals surface area contributed by atoms with Gasteiger partial charge in [-0.05, 0) is 23.6 Å². The van der Waals surface area contributed by atoms with E-state index in [1.54, 1.807) is 34.8 Å². The van der Waals surface area contributed by atoms with Gasteiger partial charge in [0.2, 0.25) is 0 Å². The van der Waals surface area contributed by atoms with Gasteiger partial charge < -0.3 is 0 Å². The quantitative estimate of drug-likeness (QED) is 0.453. The highest BCUT2D eigenvalue weighted by Gasteiger charge is 2.15. The number of hydrogen-bond donors (Lipinski definition) is 0. The zero-order chi connectivity index (χ0) is 12.8. The van der Waals surface area contributed by atoms with Crippen LogP contribution in [0.15, 0.2) is 54.2 Å². The van der Waals surface area contributed by atoms with Gasteiger partial charge in [-0.3, -0.25) is 0 Å². The lowest BCUT2D eigenvalue weighted by molar-refractivity contribution is -0.505. The van der Waals surface area contributed by atoms with Crippen molar-refractivity contribution in [3.63, 3.8) is 0 Å². The molecule has 0 N–H and O–H groups in total. The molecule has 0 saturated carbocycles. The van der Waals surface area contributed by atoms with Gasteiger partial charge in [-0.1, -0.05) is 23.5 Å². The largest absolute Gasteiger partial charge is 0.285 e. The highest BCUT2D eigenvalue weighted by molar-refractivity contribution is 7.26. The number of pyridine rings is 1. The van der Waals surface area contributed by atoms with Crippen molar-refractivity contribution in [2.24, 2.45) is 0 Å². The molecule has 0 amide bonds. The molecule has 0 unspecified atom stereocenters. The number of halogens is 1. The third-order valence-corrected chi connectivity index (χ3v) is 5.35. The molecule has 3 heterocycles. The van der Waals surface area contributed by atoms with Crippen molar-refractivity contribution in [2.75, 3.05) is 0 Å². The first-order chi connectivity index (χ1) is 9.31. The molecule has 0 atom stereocenters. The Kier molecular flexibility index (Phi) is 2.40. The molecule has 4 heteroatoms. The molecular formula is C15H9FNS2+. The molecule has 0 saturated heterocycles. The second-order valence-electron chi connectivity index (χ2n) is 4.34. The molecule has 19 heavy (non-hydrogen) atoms. The highest BCUT2D eigenvalue weighted by Crippen LogP contribution is 2.32. The summed E-state index contributed by atoms with van der Waals surface area (Å²) in [6.07, 6.45) is 4.12. The second kappa shape index (κ2) is 4.11. The maximum Gasteiger partial charge on any atom is 0.285 e. The van der Waals surface area contributed by atoms with Crippen molar-refractivity contribution in [2.45, 2.75) is 0 Å². The summed E-state index contributed by atoms with van der Waals surface area (Å²) < 4.78 is 16.7. The minimum absolute atomic E-state index is 0.193. The zero-order valence-corrected chi connectivity index (χ0v) is 11.5. The summed E-state index contributed by atoms with van der Waals surface area (Å²) in [5.41, 5.74) is 0.929. The van der Waals surface area contributed by atoms with Gasteiger partial charge in [-0.2, -0.15) is 4.40 Å². The van der Waals surface area contributed by atoms with E-state index in [9.17, 15) is 4.39 Å². The van der Waals surface area contributed by atoms with Crippen molar-refractivity contribution < 1.29 is 8.79 Å². The minimum atomic E-state index is -0.193. The fraction of sp³-hybridized carbons (Fsp3) is 0. The third kappa shape index (κ3) is 1.76. The number of nitrogens with zero attached hydrogens (tertiary/aromatic N) is 1. The number of fused-ring (bicyclic) bond motifs is 3. The normalized spacial score (nSPS) is 11.4. The lowest BCUT2D eigenvalue weighted by Gasteiger charge is -1.93. The molecule has 0 spiro atoms. The second-order valence-corrected chi connectivity index (χ2v) is 6.29. The van der Waals surface area contributed by atoms with Crippen LogP contribution in [0, 0.1) is 5.82 Å². The molecule has 0 bridgehead atoms. The van der Waals surface area contributed by atoms with E-state index in [-0.39, 0.29) is 5.82 Å². The molecule has 1 aromatic carbocycles. The molecular weight excluding hydrogens is 277 g/mol. The molecule has 4 rings (SSSR count). The molecule has 4 aromatic rings. The SMILES string of the molecule is Fc1cccc(-c2c[n+]3ccc4ccsc4c3s2)c1. The van der Waals surface area contributed by atoms with Crippen molar-refractivity contribution in [3.05, 3.63) is 60.0 Å². The Labute approximate surface area is 117 Å². The summed E-state index contributed by atoms with van der Waals surface area (Å²) in [6, 6.07) is 11.0. The summed E-state index contributed by atoms with van der Waals surface area (Å²) in [6.45, 7) is 0. The van der Waals surface area contributed by atoms with Crippen LogP contribution >= 0.6 is 22.7 Å². The van der Waals surface area contributed by atoms with Crippen molar-refractivity contribution >= 4 is 37.6 Å².